The van der Waals surface area contributed by atoms with Gasteiger partial charge in [-0.05, 0) is 49.3 Å². The van der Waals surface area contributed by atoms with Crippen molar-refractivity contribution in [3.8, 4) is 0 Å². The molecule has 0 spiro atoms. The van der Waals surface area contributed by atoms with E-state index in [1.807, 2.05) is 6.08 Å². The van der Waals surface area contributed by atoms with Gasteiger partial charge in [0.25, 0.3) is 0 Å². The first kappa shape index (κ1) is 17.7. The van der Waals surface area contributed by atoms with Crippen LogP contribution in [0, 0.1) is 18.8 Å². The largest absolute Gasteiger partial charge is 0.306 e. The zero-order valence-corrected chi connectivity index (χ0v) is 14.9. The molecule has 0 heterocycles. The van der Waals surface area contributed by atoms with Crippen LogP contribution < -0.4 is 5.32 Å². The molecule has 124 valence electrons. The zero-order valence-electron chi connectivity index (χ0n) is 14.9. The molecule has 1 aromatic carbocycles. The standard InChI is InChI=1S/C22H31N/c1-5-8-20(14-11-17(3)6-2)22(23-16-19-12-13-19)21-10-7-9-18(4)15-21/h5,7-11,14-15,17,19,22-23H,1,6,12-13,16H2,2-4H3/b14-11-,20-8+. The molecule has 0 aromatic heterocycles. The summed E-state index contributed by atoms with van der Waals surface area (Å²) >= 11 is 0. The van der Waals surface area contributed by atoms with Crippen LogP contribution >= 0.6 is 0 Å². The van der Waals surface area contributed by atoms with E-state index in [4.69, 9.17) is 0 Å². The summed E-state index contributed by atoms with van der Waals surface area (Å²) in [6.07, 6.45) is 12.6. The number of hydrogen-bond acceptors (Lipinski definition) is 1. The maximum Gasteiger partial charge on any atom is 0.0576 e. The van der Waals surface area contributed by atoms with Crippen LogP contribution in [0.1, 0.15) is 50.3 Å². The van der Waals surface area contributed by atoms with Crippen LogP contribution in [0.15, 0.2) is 60.7 Å². The zero-order chi connectivity index (χ0) is 16.7. The molecule has 1 heteroatoms. The van der Waals surface area contributed by atoms with E-state index in [-0.39, 0.29) is 6.04 Å². The fraction of sp³-hybridized carbons (Fsp3) is 0.455. The summed E-state index contributed by atoms with van der Waals surface area (Å²) in [6.45, 7) is 11.7. The minimum atomic E-state index is 0.244. The third-order valence-corrected chi connectivity index (χ3v) is 4.59. The predicted molar refractivity (Wildman–Crippen MR) is 102 cm³/mol. The molecule has 1 fully saturated rings. The van der Waals surface area contributed by atoms with Crippen molar-refractivity contribution >= 4 is 0 Å². The maximum atomic E-state index is 3.91. The molecule has 0 amide bonds. The molecule has 0 saturated heterocycles. The van der Waals surface area contributed by atoms with Crippen molar-refractivity contribution in [2.45, 2.75) is 46.1 Å². The molecule has 1 aromatic rings. The average Bonchev–Trinajstić information content (AvgIpc) is 3.36. The highest BCUT2D eigenvalue weighted by Gasteiger charge is 2.23. The van der Waals surface area contributed by atoms with Crippen LogP contribution in [0.4, 0.5) is 0 Å². The minimum Gasteiger partial charge on any atom is -0.306 e. The van der Waals surface area contributed by atoms with Gasteiger partial charge >= 0.3 is 0 Å². The summed E-state index contributed by atoms with van der Waals surface area (Å²) < 4.78 is 0. The van der Waals surface area contributed by atoms with E-state index >= 15 is 0 Å². The Morgan fingerprint density at radius 3 is 2.78 bits per heavy atom. The smallest absolute Gasteiger partial charge is 0.0576 e. The first-order valence-corrected chi connectivity index (χ1v) is 8.94. The molecule has 1 nitrogen and oxygen atoms in total. The van der Waals surface area contributed by atoms with E-state index in [1.54, 1.807) is 0 Å². The van der Waals surface area contributed by atoms with Gasteiger partial charge in [-0.1, -0.05) is 81.0 Å². The SMILES string of the molecule is C=C/C=C(\C=C/C(C)CC)C(NCC1CC1)c1cccc(C)c1. The van der Waals surface area contributed by atoms with Gasteiger partial charge in [-0.3, -0.25) is 0 Å². The van der Waals surface area contributed by atoms with Gasteiger partial charge in [0.1, 0.15) is 0 Å². The molecule has 2 unspecified atom stereocenters. The van der Waals surface area contributed by atoms with Gasteiger partial charge in [0.05, 0.1) is 6.04 Å². The Balaban J connectivity index is 2.25. The highest BCUT2D eigenvalue weighted by molar-refractivity contribution is 5.38. The normalized spacial score (nSPS) is 18.1. The van der Waals surface area contributed by atoms with Crippen molar-refractivity contribution in [3.63, 3.8) is 0 Å². The van der Waals surface area contributed by atoms with E-state index in [1.165, 1.54) is 36.0 Å². The molecule has 1 N–H and O–H groups in total. The Morgan fingerprint density at radius 2 is 2.17 bits per heavy atom. The van der Waals surface area contributed by atoms with Gasteiger partial charge in [-0.25, -0.2) is 0 Å². The van der Waals surface area contributed by atoms with E-state index in [0.29, 0.717) is 5.92 Å². The molecule has 1 aliphatic carbocycles. The number of hydrogen-bond donors (Lipinski definition) is 1. The van der Waals surface area contributed by atoms with Crippen LogP contribution in [-0.2, 0) is 0 Å². The van der Waals surface area contributed by atoms with Crippen LogP contribution in [0.2, 0.25) is 0 Å². The topological polar surface area (TPSA) is 12.0 Å². The predicted octanol–water partition coefficient (Wildman–Crippen LogP) is 5.75. The second-order valence-electron chi connectivity index (χ2n) is 6.85. The number of allylic oxidation sites excluding steroid dienone is 3. The molecule has 1 aliphatic rings. The number of benzene rings is 1. The van der Waals surface area contributed by atoms with Gasteiger partial charge in [0, 0.05) is 0 Å². The average molecular weight is 309 g/mol. The lowest BCUT2D eigenvalue weighted by molar-refractivity contribution is 0.571. The van der Waals surface area contributed by atoms with Crippen LogP contribution in [0.25, 0.3) is 0 Å². The van der Waals surface area contributed by atoms with Gasteiger partial charge in [-0.2, -0.15) is 0 Å². The fourth-order valence-corrected chi connectivity index (χ4v) is 2.68. The number of aryl methyl sites for hydroxylation is 1. The lowest BCUT2D eigenvalue weighted by Gasteiger charge is -2.21. The summed E-state index contributed by atoms with van der Waals surface area (Å²) in [4.78, 5) is 0. The lowest BCUT2D eigenvalue weighted by Crippen LogP contribution is -2.25. The van der Waals surface area contributed by atoms with Crippen molar-refractivity contribution in [1.82, 2.24) is 5.32 Å². The third-order valence-electron chi connectivity index (χ3n) is 4.59. The molecule has 2 atom stereocenters. The molecular formula is C22H31N. The molecule has 23 heavy (non-hydrogen) atoms. The van der Waals surface area contributed by atoms with Gasteiger partial charge in [0.15, 0.2) is 0 Å². The number of nitrogens with one attached hydrogen (secondary N) is 1. The van der Waals surface area contributed by atoms with E-state index < -0.39 is 0 Å². The Hall–Kier alpha value is -1.60. The molecule has 0 aliphatic heterocycles. The Kier molecular flexibility index (Phi) is 6.85. The monoisotopic (exact) mass is 309 g/mol. The molecule has 2 rings (SSSR count). The summed E-state index contributed by atoms with van der Waals surface area (Å²) in [7, 11) is 0. The van der Waals surface area contributed by atoms with Crippen molar-refractivity contribution in [3.05, 3.63) is 71.8 Å². The van der Waals surface area contributed by atoms with E-state index in [2.05, 4.69) is 75.2 Å². The lowest BCUT2D eigenvalue weighted by atomic mass is 9.95. The molecule has 0 radical (unpaired) electrons. The first-order chi connectivity index (χ1) is 11.1. The van der Waals surface area contributed by atoms with Crippen molar-refractivity contribution in [2.24, 2.45) is 11.8 Å². The van der Waals surface area contributed by atoms with E-state index in [9.17, 15) is 0 Å². The molecular weight excluding hydrogens is 278 g/mol. The quantitative estimate of drug-likeness (QED) is 0.573. The first-order valence-electron chi connectivity index (χ1n) is 8.94. The minimum absolute atomic E-state index is 0.244. The Labute approximate surface area is 142 Å². The van der Waals surface area contributed by atoms with Gasteiger partial charge < -0.3 is 5.32 Å². The Morgan fingerprint density at radius 1 is 1.39 bits per heavy atom. The molecule has 0 bridgehead atoms. The van der Waals surface area contributed by atoms with Crippen LogP contribution in [0.5, 0.6) is 0 Å². The highest BCUT2D eigenvalue weighted by atomic mass is 14.9. The summed E-state index contributed by atoms with van der Waals surface area (Å²) in [5.74, 6) is 1.47. The number of rotatable bonds is 9. The van der Waals surface area contributed by atoms with Gasteiger partial charge in [-0.15, -0.1) is 0 Å². The maximum absolute atomic E-state index is 3.91. The summed E-state index contributed by atoms with van der Waals surface area (Å²) in [5.41, 5.74) is 3.95. The van der Waals surface area contributed by atoms with Gasteiger partial charge in [0.2, 0.25) is 0 Å². The second kappa shape index (κ2) is 8.88. The summed E-state index contributed by atoms with van der Waals surface area (Å²) in [5, 5.41) is 3.78. The molecule has 1 saturated carbocycles. The van der Waals surface area contributed by atoms with Crippen molar-refractivity contribution < 1.29 is 0 Å². The fourth-order valence-electron chi connectivity index (χ4n) is 2.68. The van der Waals surface area contributed by atoms with Crippen molar-refractivity contribution in [2.75, 3.05) is 6.54 Å². The Bertz CT molecular complexity index is 563. The third kappa shape index (κ3) is 5.84. The van der Waals surface area contributed by atoms with Crippen molar-refractivity contribution in [1.29, 1.82) is 0 Å². The van der Waals surface area contributed by atoms with E-state index in [0.717, 1.165) is 12.5 Å². The second-order valence-corrected chi connectivity index (χ2v) is 6.85. The van der Waals surface area contributed by atoms with Crippen LogP contribution in [-0.4, -0.2) is 6.54 Å². The summed E-state index contributed by atoms with van der Waals surface area (Å²) in [6, 6.07) is 9.08. The van der Waals surface area contributed by atoms with Crippen LogP contribution in [0.3, 0.4) is 0 Å². The highest BCUT2D eigenvalue weighted by Crippen LogP contribution is 2.30.